The Morgan fingerprint density at radius 1 is 1.10 bits per heavy atom. The summed E-state index contributed by atoms with van der Waals surface area (Å²) in [5.74, 6) is 0.824. The van der Waals surface area contributed by atoms with Crippen molar-refractivity contribution < 1.29 is 17.9 Å². The first-order valence-electron chi connectivity index (χ1n) is 10.6. The summed E-state index contributed by atoms with van der Waals surface area (Å²) in [4.78, 5) is 16.7. The van der Waals surface area contributed by atoms with Gasteiger partial charge < -0.3 is 14.5 Å². The number of nitrogens with one attached hydrogen (secondary N) is 1. The number of nitrogens with zero attached hydrogens (tertiary/aromatic N) is 2. The summed E-state index contributed by atoms with van der Waals surface area (Å²) < 4.78 is 32.7. The van der Waals surface area contributed by atoms with E-state index in [0.29, 0.717) is 39.0 Å². The lowest BCUT2D eigenvalue weighted by molar-refractivity contribution is 0.152. The highest BCUT2D eigenvalue weighted by molar-refractivity contribution is 7.88. The smallest absolute Gasteiger partial charge is 0.320 e. The summed E-state index contributed by atoms with van der Waals surface area (Å²) in [7, 11) is -1.59. The summed E-state index contributed by atoms with van der Waals surface area (Å²) in [6.07, 6.45) is 3.05. The van der Waals surface area contributed by atoms with E-state index in [0.717, 1.165) is 22.4 Å². The average Bonchev–Trinajstić information content (AvgIpc) is 3.10. The Labute approximate surface area is 184 Å². The molecule has 0 aliphatic carbocycles. The fourth-order valence-electron chi connectivity index (χ4n) is 4.49. The first-order chi connectivity index (χ1) is 14.8. The molecule has 4 rings (SSSR count). The third-order valence-corrected chi connectivity index (χ3v) is 6.68. The lowest BCUT2D eigenvalue weighted by Crippen LogP contribution is -2.50. The predicted molar refractivity (Wildman–Crippen MR) is 121 cm³/mol. The fourth-order valence-corrected chi connectivity index (χ4v) is 5.32. The molecule has 166 valence electrons. The molecule has 2 atom stereocenters. The van der Waals surface area contributed by atoms with Crippen molar-refractivity contribution in [3.05, 3.63) is 54.1 Å². The van der Waals surface area contributed by atoms with Gasteiger partial charge in [-0.25, -0.2) is 17.9 Å². The molecule has 7 nitrogen and oxygen atoms in total. The van der Waals surface area contributed by atoms with Crippen LogP contribution >= 0.6 is 0 Å². The quantitative estimate of drug-likeness (QED) is 0.774. The van der Waals surface area contributed by atoms with E-state index in [4.69, 9.17) is 4.74 Å². The molecule has 2 amide bonds. The molecule has 31 heavy (non-hydrogen) atoms. The van der Waals surface area contributed by atoms with Crippen LogP contribution < -0.4 is 9.46 Å². The summed E-state index contributed by atoms with van der Waals surface area (Å²) >= 11 is 0. The third-order valence-electron chi connectivity index (χ3n) is 5.95. The second kappa shape index (κ2) is 8.88. The van der Waals surface area contributed by atoms with Gasteiger partial charge in [-0.3, -0.25) is 0 Å². The van der Waals surface area contributed by atoms with Gasteiger partial charge in [0.05, 0.1) is 18.9 Å². The van der Waals surface area contributed by atoms with Crippen LogP contribution in [-0.4, -0.2) is 69.3 Å². The van der Waals surface area contributed by atoms with Crippen LogP contribution in [0.3, 0.4) is 0 Å². The summed E-state index contributed by atoms with van der Waals surface area (Å²) in [6.45, 7) is 1.61. The number of fused-ring (bicyclic) bond motifs is 5. The molecule has 2 aromatic rings. The molecule has 1 saturated heterocycles. The van der Waals surface area contributed by atoms with Gasteiger partial charge in [-0.1, -0.05) is 42.5 Å². The minimum atomic E-state index is -3.38. The van der Waals surface area contributed by atoms with Crippen LogP contribution in [0.15, 0.2) is 48.5 Å². The van der Waals surface area contributed by atoms with Gasteiger partial charge in [-0.15, -0.1) is 0 Å². The van der Waals surface area contributed by atoms with E-state index in [1.807, 2.05) is 41.3 Å². The molecule has 2 aliphatic rings. The SMILES string of the molecule is CN1CCCOc2ccccc2-c2cccc(c2)CC2C(NS(C)(=O)=O)CCN2C1=O. The van der Waals surface area contributed by atoms with Crippen LogP contribution in [0.5, 0.6) is 5.75 Å². The maximum absolute atomic E-state index is 13.2. The minimum Gasteiger partial charge on any atom is -0.493 e. The molecule has 0 spiro atoms. The van der Waals surface area contributed by atoms with E-state index in [1.165, 1.54) is 6.26 Å². The lowest BCUT2D eigenvalue weighted by atomic mass is 9.96. The Morgan fingerprint density at radius 3 is 2.71 bits per heavy atom. The number of para-hydroxylation sites is 1. The summed E-state index contributed by atoms with van der Waals surface area (Å²) in [6, 6.07) is 15.5. The van der Waals surface area contributed by atoms with Crippen LogP contribution in [0.25, 0.3) is 11.1 Å². The number of hydrogen-bond donors (Lipinski definition) is 1. The Kier molecular flexibility index (Phi) is 6.20. The Morgan fingerprint density at radius 2 is 1.90 bits per heavy atom. The van der Waals surface area contributed by atoms with Crippen molar-refractivity contribution in [1.82, 2.24) is 14.5 Å². The number of urea groups is 1. The van der Waals surface area contributed by atoms with Crippen molar-refractivity contribution in [3.63, 3.8) is 0 Å². The van der Waals surface area contributed by atoms with E-state index in [2.05, 4.69) is 16.9 Å². The number of carbonyl (C=O) groups is 1. The largest absolute Gasteiger partial charge is 0.493 e. The molecule has 0 saturated carbocycles. The van der Waals surface area contributed by atoms with Crippen molar-refractivity contribution in [2.75, 3.05) is 33.0 Å². The molecule has 8 heteroatoms. The van der Waals surface area contributed by atoms with E-state index in [9.17, 15) is 13.2 Å². The van der Waals surface area contributed by atoms with Crippen molar-refractivity contribution >= 4 is 16.1 Å². The summed E-state index contributed by atoms with van der Waals surface area (Å²) in [5.41, 5.74) is 3.13. The first-order valence-corrected chi connectivity index (χ1v) is 12.5. The minimum absolute atomic E-state index is 0.0728. The van der Waals surface area contributed by atoms with Crippen LogP contribution in [-0.2, 0) is 16.4 Å². The number of rotatable bonds is 2. The van der Waals surface area contributed by atoms with Gasteiger partial charge in [0.2, 0.25) is 10.0 Å². The molecule has 0 radical (unpaired) electrons. The highest BCUT2D eigenvalue weighted by Crippen LogP contribution is 2.32. The normalized spacial score (nSPS) is 22.3. The zero-order chi connectivity index (χ0) is 22.0. The molecule has 1 N–H and O–H groups in total. The van der Waals surface area contributed by atoms with Gasteiger partial charge in [0, 0.05) is 31.7 Å². The maximum Gasteiger partial charge on any atom is 0.320 e. The fraction of sp³-hybridized carbons (Fsp3) is 0.435. The topological polar surface area (TPSA) is 79.0 Å². The predicted octanol–water partition coefficient (Wildman–Crippen LogP) is 2.72. The van der Waals surface area contributed by atoms with Gasteiger partial charge in [0.25, 0.3) is 0 Å². The Bertz CT molecular complexity index is 1060. The second-order valence-electron chi connectivity index (χ2n) is 8.35. The van der Waals surface area contributed by atoms with Gasteiger partial charge in [0.1, 0.15) is 5.75 Å². The number of carbonyl (C=O) groups excluding carboxylic acids is 1. The molecule has 1 fully saturated rings. The molecular weight excluding hydrogens is 414 g/mol. The highest BCUT2D eigenvalue weighted by Gasteiger charge is 2.39. The first kappa shape index (κ1) is 21.6. The molecule has 2 unspecified atom stereocenters. The van der Waals surface area contributed by atoms with E-state index in [-0.39, 0.29) is 18.1 Å². The van der Waals surface area contributed by atoms with E-state index in [1.54, 1.807) is 11.9 Å². The average molecular weight is 444 g/mol. The van der Waals surface area contributed by atoms with Gasteiger partial charge in [-0.05, 0) is 36.5 Å². The Hall–Kier alpha value is -2.58. The van der Waals surface area contributed by atoms with Crippen molar-refractivity contribution in [3.8, 4) is 16.9 Å². The van der Waals surface area contributed by atoms with Gasteiger partial charge >= 0.3 is 6.03 Å². The van der Waals surface area contributed by atoms with Crippen molar-refractivity contribution in [1.29, 1.82) is 0 Å². The standard InChI is InChI=1S/C23H29N3O4S/c1-25-12-6-14-30-22-10-4-3-9-19(22)18-8-5-7-17(15-18)16-21-20(24-31(2,28)29)11-13-26(21)23(25)27/h3-5,7-10,15,20-21,24H,6,11-14,16H2,1-2H3. The molecule has 2 bridgehead atoms. The number of sulfonamides is 1. The van der Waals surface area contributed by atoms with E-state index < -0.39 is 10.0 Å². The molecular formula is C23H29N3O4S. The monoisotopic (exact) mass is 443 g/mol. The van der Waals surface area contributed by atoms with Crippen LogP contribution in [0.4, 0.5) is 4.79 Å². The number of benzene rings is 2. The lowest BCUT2D eigenvalue weighted by Gasteiger charge is -2.32. The van der Waals surface area contributed by atoms with Crippen LogP contribution in [0, 0.1) is 0 Å². The van der Waals surface area contributed by atoms with E-state index >= 15 is 0 Å². The molecule has 0 aromatic heterocycles. The number of hydrogen-bond acceptors (Lipinski definition) is 4. The number of amides is 2. The zero-order valence-electron chi connectivity index (χ0n) is 18.0. The van der Waals surface area contributed by atoms with Gasteiger partial charge in [0.15, 0.2) is 0 Å². The Balaban J connectivity index is 1.73. The highest BCUT2D eigenvalue weighted by atomic mass is 32.2. The maximum atomic E-state index is 13.2. The van der Waals surface area contributed by atoms with Crippen molar-refractivity contribution in [2.24, 2.45) is 0 Å². The second-order valence-corrected chi connectivity index (χ2v) is 10.1. The number of ether oxygens (including phenoxy) is 1. The van der Waals surface area contributed by atoms with Crippen molar-refractivity contribution in [2.45, 2.75) is 31.3 Å². The molecule has 2 aliphatic heterocycles. The zero-order valence-corrected chi connectivity index (χ0v) is 18.8. The third kappa shape index (κ3) is 5.02. The van der Waals surface area contributed by atoms with Crippen LogP contribution in [0.2, 0.25) is 0 Å². The molecule has 2 aromatic carbocycles. The molecule has 2 heterocycles. The summed E-state index contributed by atoms with van der Waals surface area (Å²) in [5, 5.41) is 0. The van der Waals surface area contributed by atoms with Crippen LogP contribution in [0.1, 0.15) is 18.4 Å². The van der Waals surface area contributed by atoms with Gasteiger partial charge in [-0.2, -0.15) is 0 Å².